The van der Waals surface area contributed by atoms with Gasteiger partial charge < -0.3 is 4.32 Å². The molecular weight excluding hydrogens is 460 g/mol. The lowest BCUT2D eigenvalue weighted by molar-refractivity contribution is -0.629. The lowest BCUT2D eigenvalue weighted by Crippen LogP contribution is -2.66. The standard InChI is InChI=1S/C32H33BFNS/c1-20-16-22(3)30(23(4)17-20)33(34,31-24(5)18-21(2)19-25(31)6)27-14-12-26(13-15-27)32-35(7)28-10-8-9-11-29(28)36-32/h8-19H,1-7H3. The molecular formula is C32H33BFNS. The number of benzene rings is 4. The maximum atomic E-state index is 18.1. The Hall–Kier alpha value is -3.24. The molecule has 182 valence electrons. The Morgan fingerprint density at radius 1 is 0.667 bits per heavy atom. The van der Waals surface area contributed by atoms with Gasteiger partial charge in [-0.15, -0.1) is 0 Å². The summed E-state index contributed by atoms with van der Waals surface area (Å²) >= 11 is 1.77. The van der Waals surface area contributed by atoms with Crippen molar-refractivity contribution in [2.45, 2.75) is 41.5 Å². The minimum Gasteiger partial charge on any atom is -0.498 e. The largest absolute Gasteiger partial charge is 0.498 e. The highest BCUT2D eigenvalue weighted by Gasteiger charge is 2.35. The van der Waals surface area contributed by atoms with Crippen LogP contribution in [0.5, 0.6) is 0 Å². The van der Waals surface area contributed by atoms with Crippen LogP contribution in [0.3, 0.4) is 0 Å². The van der Waals surface area contributed by atoms with Gasteiger partial charge >= 0.3 is 0 Å². The van der Waals surface area contributed by atoms with Crippen molar-refractivity contribution in [3.8, 4) is 10.6 Å². The van der Waals surface area contributed by atoms with E-state index >= 15 is 4.32 Å². The lowest BCUT2D eigenvalue weighted by Gasteiger charge is -2.41. The molecule has 0 N–H and O–H groups in total. The average molecular weight is 494 g/mol. The molecule has 0 aliphatic rings. The van der Waals surface area contributed by atoms with Crippen molar-refractivity contribution in [3.05, 3.63) is 106 Å². The van der Waals surface area contributed by atoms with Crippen LogP contribution >= 0.6 is 11.3 Å². The van der Waals surface area contributed by atoms with E-state index < -0.39 is 6.42 Å². The molecule has 0 atom stereocenters. The van der Waals surface area contributed by atoms with Crippen LogP contribution in [-0.2, 0) is 7.05 Å². The van der Waals surface area contributed by atoms with Crippen LogP contribution < -0.4 is 21.0 Å². The molecule has 0 fully saturated rings. The van der Waals surface area contributed by atoms with Crippen molar-refractivity contribution in [2.24, 2.45) is 7.05 Å². The molecule has 0 aliphatic carbocycles. The highest BCUT2D eigenvalue weighted by atomic mass is 32.1. The summed E-state index contributed by atoms with van der Waals surface area (Å²) < 4.78 is 21.6. The highest BCUT2D eigenvalue weighted by Crippen LogP contribution is 2.28. The van der Waals surface area contributed by atoms with Crippen LogP contribution in [0.1, 0.15) is 33.4 Å². The Bertz CT molecular complexity index is 1510. The lowest BCUT2D eigenvalue weighted by atomic mass is 9.29. The number of hydrogen-bond acceptors (Lipinski definition) is 1. The van der Waals surface area contributed by atoms with Gasteiger partial charge in [0.25, 0.3) is 5.01 Å². The van der Waals surface area contributed by atoms with Crippen molar-refractivity contribution in [1.29, 1.82) is 0 Å². The maximum Gasteiger partial charge on any atom is 0.269 e. The normalized spacial score (nSPS) is 11.9. The highest BCUT2D eigenvalue weighted by molar-refractivity contribution is 7.21. The number of thiazole rings is 1. The van der Waals surface area contributed by atoms with Crippen LogP contribution in [0.15, 0.2) is 72.8 Å². The minimum absolute atomic E-state index is 0.729. The van der Waals surface area contributed by atoms with Crippen LogP contribution in [0.4, 0.5) is 4.32 Å². The average Bonchev–Trinajstić information content (AvgIpc) is 3.14. The topological polar surface area (TPSA) is 3.88 Å². The number of para-hydroxylation sites is 1. The van der Waals surface area contributed by atoms with E-state index in [1.807, 2.05) is 12.1 Å². The third-order valence-electron chi connectivity index (χ3n) is 7.63. The van der Waals surface area contributed by atoms with Gasteiger partial charge in [0, 0.05) is 6.07 Å². The van der Waals surface area contributed by atoms with Gasteiger partial charge in [0.2, 0.25) is 11.9 Å². The van der Waals surface area contributed by atoms with Crippen LogP contribution in [-0.4, -0.2) is 6.42 Å². The molecule has 4 aromatic carbocycles. The molecule has 0 unspecified atom stereocenters. The third-order valence-corrected chi connectivity index (χ3v) is 8.89. The van der Waals surface area contributed by atoms with E-state index in [0.29, 0.717) is 0 Å². The quantitative estimate of drug-likeness (QED) is 0.208. The van der Waals surface area contributed by atoms with E-state index in [1.54, 1.807) is 11.3 Å². The monoisotopic (exact) mass is 493 g/mol. The molecule has 36 heavy (non-hydrogen) atoms. The molecule has 1 heterocycles. The number of fused-ring (bicyclic) bond motifs is 1. The Balaban J connectivity index is 1.74. The Labute approximate surface area is 218 Å². The fourth-order valence-corrected chi connectivity index (χ4v) is 7.51. The molecule has 5 aromatic rings. The van der Waals surface area contributed by atoms with Gasteiger partial charge in [-0.2, -0.15) is 21.0 Å². The first-order chi connectivity index (χ1) is 17.1. The second-order valence-electron chi connectivity index (χ2n) is 10.4. The smallest absolute Gasteiger partial charge is 0.269 e. The second-order valence-corrected chi connectivity index (χ2v) is 11.5. The Morgan fingerprint density at radius 3 is 1.61 bits per heavy atom. The Kier molecular flexibility index (Phi) is 6.12. The predicted molar refractivity (Wildman–Crippen MR) is 156 cm³/mol. The van der Waals surface area contributed by atoms with Gasteiger partial charge in [-0.1, -0.05) is 105 Å². The molecule has 0 spiro atoms. The van der Waals surface area contributed by atoms with Crippen LogP contribution in [0.2, 0.25) is 0 Å². The fraction of sp³-hybridized carbons (Fsp3) is 0.219. The zero-order valence-corrected chi connectivity index (χ0v) is 23.1. The maximum absolute atomic E-state index is 18.1. The molecule has 0 saturated heterocycles. The van der Waals surface area contributed by atoms with Crippen molar-refractivity contribution in [3.63, 3.8) is 0 Å². The first-order valence-electron chi connectivity index (χ1n) is 12.6. The first-order valence-corrected chi connectivity index (χ1v) is 13.4. The van der Waals surface area contributed by atoms with Crippen molar-refractivity contribution >= 4 is 44.4 Å². The van der Waals surface area contributed by atoms with Crippen molar-refractivity contribution < 1.29 is 8.88 Å². The van der Waals surface area contributed by atoms with Gasteiger partial charge in [-0.05, 0) is 47.6 Å². The number of hydrogen-bond donors (Lipinski definition) is 0. The summed E-state index contributed by atoms with van der Waals surface area (Å²) in [7, 11) is 2.10. The number of aryl methyl sites for hydroxylation is 7. The molecule has 1 nitrogen and oxygen atoms in total. The van der Waals surface area contributed by atoms with E-state index in [-0.39, 0.29) is 0 Å². The number of rotatable bonds is 4. The summed E-state index contributed by atoms with van der Waals surface area (Å²) in [5.74, 6) is 0. The molecule has 5 rings (SSSR count). The number of nitrogens with zero attached hydrogens (tertiary/aromatic N) is 1. The predicted octanol–water partition coefficient (Wildman–Crippen LogP) is 6.18. The van der Waals surface area contributed by atoms with Crippen LogP contribution in [0.25, 0.3) is 20.8 Å². The van der Waals surface area contributed by atoms with E-state index in [1.165, 1.54) is 15.2 Å². The van der Waals surface area contributed by atoms with E-state index in [4.69, 9.17) is 0 Å². The molecule has 0 amide bonds. The van der Waals surface area contributed by atoms with Gasteiger partial charge in [0.1, 0.15) is 11.7 Å². The van der Waals surface area contributed by atoms with Gasteiger partial charge in [0.15, 0.2) is 0 Å². The van der Waals surface area contributed by atoms with E-state index in [9.17, 15) is 0 Å². The minimum atomic E-state index is -2.67. The third kappa shape index (κ3) is 3.88. The summed E-state index contributed by atoms with van der Waals surface area (Å²) in [5, 5.41) is 1.17. The molecule has 0 aliphatic heterocycles. The summed E-state index contributed by atoms with van der Waals surface area (Å²) in [6, 6.07) is 25.1. The van der Waals surface area contributed by atoms with E-state index in [2.05, 4.69) is 114 Å². The number of halogens is 1. The summed E-state index contributed by atoms with van der Waals surface area (Å²) in [6.07, 6.45) is -2.67. The summed E-state index contributed by atoms with van der Waals surface area (Å²) in [5.41, 5.74) is 11.0. The molecule has 0 bridgehead atoms. The molecule has 0 radical (unpaired) electrons. The SMILES string of the molecule is Cc1cc(C)c([B-](F)(c2ccc(-c3sc4ccccc4[n+]3C)cc2)c2c(C)cc(C)cc2C)c(C)c1. The Morgan fingerprint density at radius 2 is 1.14 bits per heavy atom. The fourth-order valence-electron chi connectivity index (χ4n) is 6.36. The van der Waals surface area contributed by atoms with Gasteiger partial charge in [-0.25, -0.2) is 0 Å². The van der Waals surface area contributed by atoms with Gasteiger partial charge in [0.05, 0.1) is 5.56 Å². The van der Waals surface area contributed by atoms with Crippen molar-refractivity contribution in [2.75, 3.05) is 0 Å². The first kappa shape index (κ1) is 24.5. The van der Waals surface area contributed by atoms with E-state index in [0.717, 1.165) is 55.3 Å². The summed E-state index contributed by atoms with van der Waals surface area (Å²) in [4.78, 5) is 0. The molecule has 1 aromatic heterocycles. The zero-order chi connectivity index (χ0) is 25.8. The van der Waals surface area contributed by atoms with Gasteiger partial charge in [-0.3, -0.25) is 0 Å². The summed E-state index contributed by atoms with van der Waals surface area (Å²) in [6.45, 7) is 12.4. The molecule has 4 heteroatoms. The number of aromatic nitrogens is 1. The molecule has 0 saturated carbocycles. The van der Waals surface area contributed by atoms with Crippen molar-refractivity contribution in [1.82, 2.24) is 0 Å². The van der Waals surface area contributed by atoms with Crippen LogP contribution in [0, 0.1) is 41.5 Å². The second kappa shape index (κ2) is 9.01. The zero-order valence-electron chi connectivity index (χ0n) is 22.2.